The Morgan fingerprint density at radius 1 is 1.04 bits per heavy atom. The average Bonchev–Trinajstić information content (AvgIpc) is 2.64. The van der Waals surface area contributed by atoms with Crippen molar-refractivity contribution >= 4 is 42.1 Å². The van der Waals surface area contributed by atoms with E-state index in [2.05, 4.69) is 13.8 Å². The van der Waals surface area contributed by atoms with Gasteiger partial charge < -0.3 is 0 Å². The predicted molar refractivity (Wildman–Crippen MR) is 112 cm³/mol. The van der Waals surface area contributed by atoms with Gasteiger partial charge in [0.25, 0.3) is 0 Å². The molecule has 2 unspecified atom stereocenters. The van der Waals surface area contributed by atoms with Crippen LogP contribution in [0.2, 0.25) is 10.0 Å². The number of hydrogen-bond donors (Lipinski definition) is 0. The highest BCUT2D eigenvalue weighted by Gasteiger charge is 2.31. The van der Waals surface area contributed by atoms with Crippen molar-refractivity contribution in [3.05, 3.63) is 63.6 Å². The van der Waals surface area contributed by atoms with Crippen LogP contribution in [-0.2, 0) is 4.57 Å². The van der Waals surface area contributed by atoms with Crippen LogP contribution in [-0.4, -0.2) is 11.9 Å². The van der Waals surface area contributed by atoms with Gasteiger partial charge in [-0.05, 0) is 37.1 Å². The smallest absolute Gasteiger partial charge is 0.288 e. The van der Waals surface area contributed by atoms with Crippen molar-refractivity contribution in [3.63, 3.8) is 0 Å². The van der Waals surface area contributed by atoms with Crippen LogP contribution in [0.5, 0.6) is 0 Å². The number of halogens is 2. The van der Waals surface area contributed by atoms with E-state index in [9.17, 15) is 9.36 Å². The number of unbranched alkanes of at least 4 members (excludes halogenated alkanes) is 1. The first-order chi connectivity index (χ1) is 12.5. The van der Waals surface area contributed by atoms with Gasteiger partial charge >= 0.3 is 7.80 Å². The molecule has 0 bridgehead atoms. The van der Waals surface area contributed by atoms with Gasteiger partial charge in [0.05, 0.1) is 21.2 Å². The lowest BCUT2D eigenvalue weighted by atomic mass is 10.0. The third-order valence-electron chi connectivity index (χ3n) is 4.57. The molecule has 0 heterocycles. The molecule has 0 saturated heterocycles. The number of benzene rings is 2. The SMILES string of the molecule is CCCCC(CC)C[P+](=O)c1ccccc1C(=O)c1c(Cl)cccc1Cl. The molecule has 26 heavy (non-hydrogen) atoms. The van der Waals surface area contributed by atoms with Crippen molar-refractivity contribution in [1.82, 2.24) is 0 Å². The minimum Gasteiger partial charge on any atom is -0.288 e. The quantitative estimate of drug-likeness (QED) is 0.333. The molecular weight excluding hydrogens is 386 g/mol. The Balaban J connectivity index is 2.32. The molecule has 0 radical (unpaired) electrons. The summed E-state index contributed by atoms with van der Waals surface area (Å²) in [6.45, 7) is 4.29. The summed E-state index contributed by atoms with van der Waals surface area (Å²) in [5.74, 6) is 0.131. The van der Waals surface area contributed by atoms with Crippen molar-refractivity contribution < 1.29 is 9.36 Å². The van der Waals surface area contributed by atoms with E-state index in [1.54, 1.807) is 36.4 Å². The van der Waals surface area contributed by atoms with Crippen LogP contribution in [0, 0.1) is 5.92 Å². The summed E-state index contributed by atoms with van der Waals surface area (Å²) in [5, 5.41) is 1.21. The maximum atomic E-state index is 13.0. The molecule has 2 nitrogen and oxygen atoms in total. The zero-order chi connectivity index (χ0) is 19.1. The molecule has 0 aromatic heterocycles. The lowest BCUT2D eigenvalue weighted by Gasteiger charge is -2.09. The third kappa shape index (κ3) is 5.16. The van der Waals surface area contributed by atoms with Crippen LogP contribution in [0.25, 0.3) is 0 Å². The van der Waals surface area contributed by atoms with Crippen LogP contribution in [0.3, 0.4) is 0 Å². The van der Waals surface area contributed by atoms with Crippen LogP contribution in [0.1, 0.15) is 55.5 Å². The van der Waals surface area contributed by atoms with E-state index in [0.717, 1.165) is 25.7 Å². The van der Waals surface area contributed by atoms with Gasteiger partial charge in [0, 0.05) is 5.92 Å². The topological polar surface area (TPSA) is 34.1 Å². The maximum Gasteiger partial charge on any atom is 0.377 e. The van der Waals surface area contributed by atoms with Gasteiger partial charge in [0.1, 0.15) is 0 Å². The normalized spacial score (nSPS) is 12.7. The highest BCUT2D eigenvalue weighted by atomic mass is 35.5. The summed E-state index contributed by atoms with van der Waals surface area (Å²) in [5.41, 5.74) is 0.693. The monoisotopic (exact) mass is 409 g/mol. The molecular formula is C21H24Cl2O2P+. The summed E-state index contributed by atoms with van der Waals surface area (Å²) in [4.78, 5) is 13.0. The average molecular weight is 410 g/mol. The van der Waals surface area contributed by atoms with Gasteiger partial charge in [-0.1, -0.05) is 72.7 Å². The Morgan fingerprint density at radius 3 is 2.31 bits per heavy atom. The first-order valence-corrected chi connectivity index (χ1v) is 11.2. The number of rotatable bonds is 9. The molecule has 0 aliphatic carbocycles. The molecule has 0 fully saturated rings. The second-order valence-corrected chi connectivity index (χ2v) is 8.84. The fourth-order valence-electron chi connectivity index (χ4n) is 2.98. The maximum absolute atomic E-state index is 13.0. The molecule has 0 N–H and O–H groups in total. The molecule has 0 aliphatic heterocycles. The van der Waals surface area contributed by atoms with Gasteiger partial charge in [-0.3, -0.25) is 4.79 Å². The fraction of sp³-hybridized carbons (Fsp3) is 0.381. The zero-order valence-corrected chi connectivity index (χ0v) is 17.6. The first kappa shape index (κ1) is 21.1. The van der Waals surface area contributed by atoms with E-state index in [1.807, 2.05) is 6.07 Å². The van der Waals surface area contributed by atoms with E-state index < -0.39 is 7.80 Å². The summed E-state index contributed by atoms with van der Waals surface area (Å²) >= 11 is 12.4. The molecule has 138 valence electrons. The van der Waals surface area contributed by atoms with E-state index in [0.29, 0.717) is 33.0 Å². The van der Waals surface area contributed by atoms with Gasteiger partial charge in [-0.15, -0.1) is 0 Å². The van der Waals surface area contributed by atoms with Gasteiger partial charge in [0.15, 0.2) is 6.16 Å². The van der Waals surface area contributed by atoms with E-state index in [-0.39, 0.29) is 11.3 Å². The summed E-state index contributed by atoms with van der Waals surface area (Å²) < 4.78 is 13.0. The van der Waals surface area contributed by atoms with Gasteiger partial charge in [-0.2, -0.15) is 0 Å². The molecule has 2 rings (SSSR count). The predicted octanol–water partition coefficient (Wildman–Crippen LogP) is 6.89. The van der Waals surface area contributed by atoms with E-state index in [4.69, 9.17) is 23.2 Å². The fourth-order valence-corrected chi connectivity index (χ4v) is 5.36. The lowest BCUT2D eigenvalue weighted by molar-refractivity contribution is 0.104. The van der Waals surface area contributed by atoms with Crippen molar-refractivity contribution in [2.24, 2.45) is 5.92 Å². The molecule has 2 aromatic rings. The van der Waals surface area contributed by atoms with Crippen molar-refractivity contribution in [3.8, 4) is 0 Å². The van der Waals surface area contributed by atoms with Gasteiger partial charge in [-0.25, -0.2) is 0 Å². The zero-order valence-electron chi connectivity index (χ0n) is 15.2. The van der Waals surface area contributed by atoms with Crippen LogP contribution in [0.15, 0.2) is 42.5 Å². The molecule has 0 spiro atoms. The third-order valence-corrected chi connectivity index (χ3v) is 6.98. The standard InChI is InChI=1S/C21H24Cl2O2P/c1-3-5-9-15(4-2)14-26(25)19-13-7-6-10-16(19)21(24)20-17(22)11-8-12-18(20)23/h6-8,10-13,15H,3-5,9,14H2,1-2H3/q+1. The molecule has 0 aliphatic rings. The van der Waals surface area contributed by atoms with Crippen molar-refractivity contribution in [2.45, 2.75) is 39.5 Å². The van der Waals surface area contributed by atoms with Crippen LogP contribution < -0.4 is 5.30 Å². The molecule has 0 saturated carbocycles. The Morgan fingerprint density at radius 2 is 1.69 bits per heavy atom. The Labute approximate surface area is 166 Å². The summed E-state index contributed by atoms with van der Waals surface area (Å²) in [6.07, 6.45) is 4.94. The van der Waals surface area contributed by atoms with E-state index >= 15 is 0 Å². The first-order valence-electron chi connectivity index (χ1n) is 9.01. The van der Waals surface area contributed by atoms with Crippen LogP contribution >= 0.6 is 31.0 Å². The van der Waals surface area contributed by atoms with Crippen molar-refractivity contribution in [2.75, 3.05) is 6.16 Å². The molecule has 5 heteroatoms. The molecule has 2 atom stereocenters. The number of carbonyl (C=O) groups is 1. The minimum atomic E-state index is -1.66. The number of ketones is 1. The van der Waals surface area contributed by atoms with Gasteiger partial charge in [0.2, 0.25) is 11.1 Å². The second-order valence-electron chi connectivity index (χ2n) is 6.42. The number of carbonyl (C=O) groups excluding carboxylic acids is 1. The highest BCUT2D eigenvalue weighted by Crippen LogP contribution is 2.32. The van der Waals surface area contributed by atoms with Crippen molar-refractivity contribution in [1.29, 1.82) is 0 Å². The minimum absolute atomic E-state index is 0.268. The highest BCUT2D eigenvalue weighted by molar-refractivity contribution is 7.53. The Kier molecular flexibility index (Phi) is 8.28. The Hall–Kier alpha value is -1.21. The summed E-state index contributed by atoms with van der Waals surface area (Å²) in [7, 11) is -1.66. The molecule has 0 amide bonds. The lowest BCUT2D eigenvalue weighted by Crippen LogP contribution is -2.16. The largest absolute Gasteiger partial charge is 0.377 e. The van der Waals surface area contributed by atoms with E-state index in [1.165, 1.54) is 0 Å². The van der Waals surface area contributed by atoms with Crippen LogP contribution in [0.4, 0.5) is 0 Å². The second kappa shape index (κ2) is 10.2. The number of hydrogen-bond acceptors (Lipinski definition) is 2. The summed E-state index contributed by atoms with van der Waals surface area (Å²) in [6, 6.07) is 12.1. The Bertz CT molecular complexity index is 769. The molecule has 2 aromatic carbocycles.